The molecule has 0 aliphatic carbocycles. The normalized spacial score (nSPS) is 10.3. The Balaban J connectivity index is 1.85. The smallest absolute Gasteiger partial charge is 0.203 e. The zero-order chi connectivity index (χ0) is 12.8. The summed E-state index contributed by atoms with van der Waals surface area (Å²) in [5.41, 5.74) is 5.68. The summed E-state index contributed by atoms with van der Waals surface area (Å²) in [6.07, 6.45) is 7.85. The number of nitrogen functional groups attached to an aromatic ring is 1. The van der Waals surface area contributed by atoms with Gasteiger partial charge in [-0.05, 0) is 6.42 Å². The number of methoxy groups -OCH3 is 1. The summed E-state index contributed by atoms with van der Waals surface area (Å²) in [5, 5.41) is 3.18. The van der Waals surface area contributed by atoms with Gasteiger partial charge in [-0.3, -0.25) is 0 Å². The molecule has 0 bridgehead atoms. The lowest BCUT2D eigenvalue weighted by molar-refractivity contribution is 0.415. The van der Waals surface area contributed by atoms with Gasteiger partial charge in [0.2, 0.25) is 5.75 Å². The average Bonchev–Trinajstić information content (AvgIpc) is 2.88. The van der Waals surface area contributed by atoms with Gasteiger partial charge in [-0.1, -0.05) is 0 Å². The highest BCUT2D eigenvalue weighted by molar-refractivity contribution is 5.61. The minimum Gasteiger partial charge on any atom is -0.490 e. The van der Waals surface area contributed by atoms with Crippen LogP contribution < -0.4 is 15.8 Å². The molecule has 3 N–H and O–H groups in total. The van der Waals surface area contributed by atoms with Gasteiger partial charge in [-0.15, -0.1) is 0 Å². The lowest BCUT2D eigenvalue weighted by Crippen LogP contribution is -2.09. The first-order valence-corrected chi connectivity index (χ1v) is 5.65. The Labute approximate surface area is 105 Å². The van der Waals surface area contributed by atoms with Crippen LogP contribution in [0.5, 0.6) is 5.75 Å². The molecule has 7 heteroatoms. The Kier molecular flexibility index (Phi) is 3.95. The van der Waals surface area contributed by atoms with Crippen molar-refractivity contribution in [2.45, 2.75) is 13.0 Å². The second kappa shape index (κ2) is 5.85. The van der Waals surface area contributed by atoms with E-state index in [-0.39, 0.29) is 0 Å². The van der Waals surface area contributed by atoms with Crippen LogP contribution in [-0.4, -0.2) is 33.2 Å². The molecule has 0 aliphatic rings. The molecule has 7 nitrogen and oxygen atoms in total. The Bertz CT molecular complexity index is 484. The highest BCUT2D eigenvalue weighted by Gasteiger charge is 2.08. The third-order valence-electron chi connectivity index (χ3n) is 2.48. The molecule has 0 aromatic carbocycles. The molecule has 96 valence electrons. The monoisotopic (exact) mass is 248 g/mol. The van der Waals surface area contributed by atoms with Crippen molar-refractivity contribution in [2.75, 3.05) is 24.7 Å². The molecule has 2 aromatic heterocycles. The van der Waals surface area contributed by atoms with Gasteiger partial charge >= 0.3 is 0 Å². The van der Waals surface area contributed by atoms with Crippen LogP contribution in [0.4, 0.5) is 11.6 Å². The van der Waals surface area contributed by atoms with E-state index < -0.39 is 0 Å². The molecule has 0 aliphatic heterocycles. The number of hydrogen-bond acceptors (Lipinski definition) is 6. The number of nitrogens with zero attached hydrogens (tertiary/aromatic N) is 4. The minimum atomic E-state index is 0.338. The van der Waals surface area contributed by atoms with E-state index in [2.05, 4.69) is 20.3 Å². The SMILES string of the molecule is COc1c(N)ncnc1NCCCn1ccnc1. The van der Waals surface area contributed by atoms with Crippen LogP contribution in [0.15, 0.2) is 25.0 Å². The minimum absolute atomic E-state index is 0.338. The fraction of sp³-hybridized carbons (Fsp3) is 0.364. The summed E-state index contributed by atoms with van der Waals surface area (Å²) in [7, 11) is 1.55. The molecule has 0 atom stereocenters. The molecule has 2 rings (SSSR count). The molecule has 2 heterocycles. The van der Waals surface area contributed by atoms with Crippen LogP contribution in [-0.2, 0) is 6.54 Å². The van der Waals surface area contributed by atoms with E-state index >= 15 is 0 Å². The zero-order valence-electron chi connectivity index (χ0n) is 10.2. The number of aromatic nitrogens is 4. The van der Waals surface area contributed by atoms with E-state index in [0.717, 1.165) is 19.5 Å². The molecular weight excluding hydrogens is 232 g/mol. The third-order valence-corrected chi connectivity index (χ3v) is 2.48. The van der Waals surface area contributed by atoms with E-state index in [0.29, 0.717) is 17.4 Å². The van der Waals surface area contributed by atoms with Gasteiger partial charge in [0, 0.05) is 25.5 Å². The molecule has 0 radical (unpaired) electrons. The maximum atomic E-state index is 5.68. The lowest BCUT2D eigenvalue weighted by Gasteiger charge is -2.10. The quantitative estimate of drug-likeness (QED) is 0.734. The Morgan fingerprint density at radius 2 is 2.33 bits per heavy atom. The molecular formula is C11H16N6O. The standard InChI is InChI=1S/C11H16N6O/c1-18-9-10(12)15-7-16-11(9)14-3-2-5-17-6-4-13-8-17/h4,6-8H,2-3,5H2,1H3,(H3,12,14,15,16). The van der Waals surface area contributed by atoms with E-state index in [1.165, 1.54) is 6.33 Å². The van der Waals surface area contributed by atoms with Crippen LogP contribution in [0, 0.1) is 0 Å². The van der Waals surface area contributed by atoms with Gasteiger partial charge in [0.05, 0.1) is 13.4 Å². The van der Waals surface area contributed by atoms with Crippen molar-refractivity contribution in [3.05, 3.63) is 25.0 Å². The van der Waals surface area contributed by atoms with Gasteiger partial charge in [-0.2, -0.15) is 0 Å². The Morgan fingerprint density at radius 1 is 1.44 bits per heavy atom. The van der Waals surface area contributed by atoms with Crippen LogP contribution in [0.2, 0.25) is 0 Å². The van der Waals surface area contributed by atoms with Crippen molar-refractivity contribution in [1.82, 2.24) is 19.5 Å². The van der Waals surface area contributed by atoms with Crippen LogP contribution >= 0.6 is 0 Å². The van der Waals surface area contributed by atoms with E-state index in [9.17, 15) is 0 Å². The fourth-order valence-electron chi connectivity index (χ4n) is 1.60. The Hall–Kier alpha value is -2.31. The van der Waals surface area contributed by atoms with Crippen molar-refractivity contribution < 1.29 is 4.74 Å². The third kappa shape index (κ3) is 2.88. The molecule has 0 saturated heterocycles. The summed E-state index contributed by atoms with van der Waals surface area (Å²) < 4.78 is 7.17. The first-order chi connectivity index (χ1) is 8.81. The zero-order valence-corrected chi connectivity index (χ0v) is 10.2. The van der Waals surface area contributed by atoms with Gasteiger partial charge in [-0.25, -0.2) is 15.0 Å². The van der Waals surface area contributed by atoms with Crippen molar-refractivity contribution in [3.8, 4) is 5.75 Å². The van der Waals surface area contributed by atoms with Crippen molar-refractivity contribution in [2.24, 2.45) is 0 Å². The number of nitrogens with one attached hydrogen (secondary N) is 1. The molecule has 2 aromatic rings. The first kappa shape index (κ1) is 12.2. The molecule has 0 amide bonds. The number of ether oxygens (including phenoxy) is 1. The maximum absolute atomic E-state index is 5.68. The van der Waals surface area contributed by atoms with E-state index in [1.807, 2.05) is 10.8 Å². The second-order valence-corrected chi connectivity index (χ2v) is 3.72. The topological polar surface area (TPSA) is 90.9 Å². The number of rotatable bonds is 6. The van der Waals surface area contributed by atoms with Crippen molar-refractivity contribution >= 4 is 11.6 Å². The first-order valence-electron chi connectivity index (χ1n) is 5.65. The predicted octanol–water partition coefficient (Wildman–Crippen LogP) is 0.766. The lowest BCUT2D eigenvalue weighted by atomic mass is 10.4. The van der Waals surface area contributed by atoms with Gasteiger partial charge in [0.25, 0.3) is 0 Å². The summed E-state index contributed by atoms with van der Waals surface area (Å²) >= 11 is 0. The van der Waals surface area contributed by atoms with Gasteiger partial charge in [0.1, 0.15) is 6.33 Å². The average molecular weight is 248 g/mol. The molecule has 18 heavy (non-hydrogen) atoms. The molecule has 0 fully saturated rings. The van der Waals surface area contributed by atoms with E-state index in [1.54, 1.807) is 19.6 Å². The highest BCUT2D eigenvalue weighted by atomic mass is 16.5. The molecule has 0 unspecified atom stereocenters. The number of anilines is 2. The number of imidazole rings is 1. The summed E-state index contributed by atoms with van der Waals surface area (Å²) in [6.45, 7) is 1.67. The van der Waals surface area contributed by atoms with Crippen molar-refractivity contribution in [1.29, 1.82) is 0 Å². The van der Waals surface area contributed by atoms with Crippen molar-refractivity contribution in [3.63, 3.8) is 0 Å². The summed E-state index contributed by atoms with van der Waals surface area (Å²) in [6, 6.07) is 0. The summed E-state index contributed by atoms with van der Waals surface area (Å²) in [5.74, 6) is 1.44. The van der Waals surface area contributed by atoms with Gasteiger partial charge < -0.3 is 20.4 Å². The molecule has 0 spiro atoms. The number of hydrogen-bond donors (Lipinski definition) is 2. The number of aryl methyl sites for hydroxylation is 1. The maximum Gasteiger partial charge on any atom is 0.203 e. The van der Waals surface area contributed by atoms with Crippen LogP contribution in [0.1, 0.15) is 6.42 Å². The van der Waals surface area contributed by atoms with Crippen LogP contribution in [0.3, 0.4) is 0 Å². The summed E-state index contributed by atoms with van der Waals surface area (Å²) in [4.78, 5) is 12.0. The highest BCUT2D eigenvalue weighted by Crippen LogP contribution is 2.25. The Morgan fingerprint density at radius 3 is 3.06 bits per heavy atom. The predicted molar refractivity (Wildman–Crippen MR) is 68.3 cm³/mol. The largest absolute Gasteiger partial charge is 0.490 e. The fourth-order valence-corrected chi connectivity index (χ4v) is 1.60. The van der Waals surface area contributed by atoms with Crippen LogP contribution in [0.25, 0.3) is 0 Å². The second-order valence-electron chi connectivity index (χ2n) is 3.72. The molecule has 0 saturated carbocycles. The van der Waals surface area contributed by atoms with E-state index in [4.69, 9.17) is 10.5 Å². The van der Waals surface area contributed by atoms with Gasteiger partial charge in [0.15, 0.2) is 11.6 Å². The number of nitrogens with two attached hydrogens (primary N) is 1.